The van der Waals surface area contributed by atoms with Crippen LogP contribution < -0.4 is 14.9 Å². The van der Waals surface area contributed by atoms with Gasteiger partial charge in [-0.1, -0.05) is 35.0 Å². The van der Waals surface area contributed by atoms with Crippen LogP contribution in [0, 0.1) is 5.41 Å². The zero-order valence-corrected chi connectivity index (χ0v) is 25.7. The highest BCUT2D eigenvalue weighted by Gasteiger charge is 2.52. The fourth-order valence-corrected chi connectivity index (χ4v) is 8.73. The van der Waals surface area contributed by atoms with E-state index in [0.29, 0.717) is 5.02 Å². The van der Waals surface area contributed by atoms with Gasteiger partial charge >= 0.3 is 0 Å². The average Bonchev–Trinajstić information content (AvgIpc) is 3.46. The Bertz CT molecular complexity index is 1390. The molecular weight excluding hydrogens is 593 g/mol. The second kappa shape index (κ2) is 10.7. The predicted molar refractivity (Wildman–Crippen MR) is 161 cm³/mol. The average molecular weight is 623 g/mol. The molecule has 39 heavy (non-hydrogen) atoms. The standard InChI is InChI=1S/C26H29Cl2N7OS3/c1-25(2,3)39(36)34-23-22-17(37-14-33-22)10-26(23)6-8-35(9-7-26)18-11-30-19(12-29-18)38-16-5-4-15-20(21(16)27)24(28)32-13-31-15/h4-5,11-14,23-24,34H,6-10H2,1-3H3,(H,31,32)/t23-,24+,39-/m0/s1. The molecule has 2 N–H and O–H groups in total. The number of nitrogens with one attached hydrogen (secondary N) is 2. The molecule has 1 aliphatic carbocycles. The number of halogens is 2. The topological polar surface area (TPSA) is 101 Å². The lowest BCUT2D eigenvalue weighted by molar-refractivity contribution is 0.174. The molecule has 2 aliphatic heterocycles. The van der Waals surface area contributed by atoms with E-state index in [1.807, 2.05) is 44.6 Å². The van der Waals surface area contributed by atoms with Gasteiger partial charge in [0.05, 0.1) is 40.6 Å². The fourth-order valence-electron chi connectivity index (χ4n) is 5.36. The number of anilines is 1. The highest BCUT2D eigenvalue weighted by atomic mass is 35.5. The lowest BCUT2D eigenvalue weighted by Gasteiger charge is -2.43. The predicted octanol–water partition coefficient (Wildman–Crippen LogP) is 6.17. The Morgan fingerprint density at radius 1 is 1.21 bits per heavy atom. The quantitative estimate of drug-likeness (QED) is 0.198. The molecule has 6 rings (SSSR count). The summed E-state index contributed by atoms with van der Waals surface area (Å²) in [6.45, 7) is 7.73. The highest BCUT2D eigenvalue weighted by Crippen LogP contribution is 2.53. The third-order valence-corrected chi connectivity index (χ3v) is 11.8. The molecule has 2 aromatic heterocycles. The highest BCUT2D eigenvalue weighted by molar-refractivity contribution is 7.99. The van der Waals surface area contributed by atoms with Gasteiger partial charge in [0.15, 0.2) is 0 Å². The summed E-state index contributed by atoms with van der Waals surface area (Å²) in [6, 6.07) is 3.85. The Kier molecular flexibility index (Phi) is 7.54. The molecule has 0 radical (unpaired) electrons. The molecule has 13 heteroatoms. The zero-order valence-electron chi connectivity index (χ0n) is 21.8. The summed E-state index contributed by atoms with van der Waals surface area (Å²) in [7, 11) is 0. The van der Waals surface area contributed by atoms with Crippen molar-refractivity contribution in [3.63, 3.8) is 0 Å². The van der Waals surface area contributed by atoms with Crippen LogP contribution in [0.3, 0.4) is 0 Å². The Morgan fingerprint density at radius 2 is 2.00 bits per heavy atom. The second-order valence-electron chi connectivity index (χ2n) is 11.0. The Morgan fingerprint density at radius 3 is 2.72 bits per heavy atom. The minimum Gasteiger partial charge on any atom is -0.598 e. The SMILES string of the molecule is CC(C)(C)[S@+]([O-])N[C@H]1c2ncsc2CC12CCN(c1cnc(Sc3ccc4c(c3Cl)[C@H](Cl)NC=N4)cn1)CC2. The van der Waals surface area contributed by atoms with Crippen LogP contribution in [-0.4, -0.2) is 43.7 Å². The summed E-state index contributed by atoms with van der Waals surface area (Å²) in [5.74, 6) is 0.860. The van der Waals surface area contributed by atoms with Crippen LogP contribution in [0.4, 0.5) is 11.5 Å². The van der Waals surface area contributed by atoms with Crippen LogP contribution >= 0.6 is 46.3 Å². The summed E-state index contributed by atoms with van der Waals surface area (Å²) >= 11 is 15.1. The maximum absolute atomic E-state index is 13.1. The molecule has 0 bridgehead atoms. The molecule has 3 aliphatic rings. The van der Waals surface area contributed by atoms with Crippen molar-refractivity contribution in [2.75, 3.05) is 18.0 Å². The van der Waals surface area contributed by atoms with E-state index in [2.05, 4.69) is 29.9 Å². The summed E-state index contributed by atoms with van der Waals surface area (Å²) in [5.41, 5.74) is 4.11. The van der Waals surface area contributed by atoms with Crippen LogP contribution in [-0.2, 0) is 17.8 Å². The number of fused-ring (bicyclic) bond motifs is 2. The lowest BCUT2D eigenvalue weighted by atomic mass is 9.73. The van der Waals surface area contributed by atoms with Gasteiger partial charge < -0.3 is 14.8 Å². The van der Waals surface area contributed by atoms with Gasteiger partial charge in [-0.15, -0.1) is 16.1 Å². The van der Waals surface area contributed by atoms with Gasteiger partial charge in [0.2, 0.25) is 0 Å². The van der Waals surface area contributed by atoms with Crippen molar-refractivity contribution >= 4 is 75.5 Å². The molecule has 1 saturated heterocycles. The van der Waals surface area contributed by atoms with Crippen LogP contribution in [0.25, 0.3) is 0 Å². The number of benzene rings is 1. The van der Waals surface area contributed by atoms with Crippen LogP contribution in [0.5, 0.6) is 0 Å². The van der Waals surface area contributed by atoms with Crippen molar-refractivity contribution in [2.24, 2.45) is 10.4 Å². The molecule has 206 valence electrons. The van der Waals surface area contributed by atoms with E-state index >= 15 is 0 Å². The minimum atomic E-state index is -1.17. The molecule has 4 heterocycles. The maximum Gasteiger partial charge on any atom is 0.147 e. The van der Waals surface area contributed by atoms with E-state index in [4.69, 9.17) is 28.2 Å². The number of rotatable bonds is 5. The number of alkyl halides is 1. The molecule has 1 aromatic carbocycles. The van der Waals surface area contributed by atoms with E-state index < -0.39 is 16.9 Å². The summed E-state index contributed by atoms with van der Waals surface area (Å²) in [6.07, 6.45) is 8.12. The first-order valence-electron chi connectivity index (χ1n) is 12.7. The minimum absolute atomic E-state index is 0.000612. The third-order valence-electron chi connectivity index (χ3n) is 7.56. The number of piperidine rings is 1. The number of nitrogens with zero attached hydrogens (tertiary/aromatic N) is 5. The van der Waals surface area contributed by atoms with Gasteiger partial charge in [-0.3, -0.25) is 0 Å². The molecule has 0 amide bonds. The first kappa shape index (κ1) is 27.6. The number of hydrogen-bond donors (Lipinski definition) is 2. The van der Waals surface area contributed by atoms with E-state index in [9.17, 15) is 4.55 Å². The van der Waals surface area contributed by atoms with Gasteiger partial charge in [-0.05, 0) is 52.2 Å². The van der Waals surface area contributed by atoms with Gasteiger partial charge in [0.25, 0.3) is 0 Å². The van der Waals surface area contributed by atoms with Crippen molar-refractivity contribution in [3.8, 4) is 0 Å². The van der Waals surface area contributed by atoms with E-state index in [1.165, 1.54) is 16.6 Å². The third kappa shape index (κ3) is 5.27. The van der Waals surface area contributed by atoms with E-state index in [0.717, 1.165) is 65.0 Å². The van der Waals surface area contributed by atoms with Crippen LogP contribution in [0.15, 0.2) is 45.0 Å². The van der Waals surface area contributed by atoms with Gasteiger partial charge in [-0.2, -0.15) is 0 Å². The zero-order chi connectivity index (χ0) is 27.4. The number of aromatic nitrogens is 3. The first-order valence-corrected chi connectivity index (χ1v) is 16.4. The summed E-state index contributed by atoms with van der Waals surface area (Å²) < 4.78 is 16.2. The summed E-state index contributed by atoms with van der Waals surface area (Å²) in [4.78, 5) is 22.9. The number of thiazole rings is 1. The van der Waals surface area contributed by atoms with Crippen LogP contribution in [0.1, 0.15) is 61.3 Å². The molecule has 3 atom stereocenters. The second-order valence-corrected chi connectivity index (χ2v) is 15.8. The van der Waals surface area contributed by atoms with Crippen LogP contribution in [0.2, 0.25) is 5.02 Å². The van der Waals surface area contributed by atoms with E-state index in [1.54, 1.807) is 23.9 Å². The Labute approximate surface area is 249 Å². The smallest absolute Gasteiger partial charge is 0.147 e. The van der Waals surface area contributed by atoms with Gasteiger partial charge in [-0.25, -0.2) is 19.9 Å². The molecule has 0 saturated carbocycles. The molecule has 3 aromatic rings. The largest absolute Gasteiger partial charge is 0.598 e. The van der Waals surface area contributed by atoms with Gasteiger partial charge in [0, 0.05) is 45.2 Å². The first-order chi connectivity index (χ1) is 18.6. The number of aliphatic imine (C=N–C) groups is 1. The molecule has 1 fully saturated rings. The Balaban J connectivity index is 1.14. The van der Waals surface area contributed by atoms with Crippen molar-refractivity contribution < 1.29 is 4.55 Å². The van der Waals surface area contributed by atoms with Crippen molar-refractivity contribution in [1.29, 1.82) is 0 Å². The molecule has 1 spiro atoms. The number of hydrogen-bond acceptors (Lipinski definition) is 10. The van der Waals surface area contributed by atoms with Crippen molar-refractivity contribution in [2.45, 2.75) is 66.2 Å². The molecule has 8 nitrogen and oxygen atoms in total. The maximum atomic E-state index is 13.1. The van der Waals surface area contributed by atoms with Gasteiger partial charge in [0.1, 0.15) is 27.1 Å². The fraction of sp³-hybridized carbons (Fsp3) is 0.462. The van der Waals surface area contributed by atoms with E-state index in [-0.39, 0.29) is 16.2 Å². The normalized spacial score (nSPS) is 22.5. The van der Waals surface area contributed by atoms with Crippen molar-refractivity contribution in [3.05, 3.63) is 51.2 Å². The summed E-state index contributed by atoms with van der Waals surface area (Å²) in [5, 5.41) is 4.31. The molecular formula is C26H29Cl2N7OS3. The monoisotopic (exact) mass is 621 g/mol. The molecule has 0 unspecified atom stereocenters. The Hall–Kier alpha value is -1.60. The lowest BCUT2D eigenvalue weighted by Crippen LogP contribution is -2.50. The van der Waals surface area contributed by atoms with Crippen molar-refractivity contribution in [1.82, 2.24) is 25.0 Å².